The lowest BCUT2D eigenvalue weighted by molar-refractivity contribution is 0.0907. The molecule has 100 valence electrons. The molecule has 1 heterocycles. The van der Waals surface area contributed by atoms with Gasteiger partial charge in [-0.25, -0.2) is 0 Å². The monoisotopic (exact) mass is 313 g/mol. The van der Waals surface area contributed by atoms with Gasteiger partial charge in [-0.15, -0.1) is 0 Å². The number of hydrogen-bond acceptors (Lipinski definition) is 3. The number of piperidine rings is 1. The molecule has 1 aromatic carbocycles. The molecule has 2 rings (SSSR count). The maximum absolute atomic E-state index is 5.79. The lowest BCUT2D eigenvalue weighted by atomic mass is 10.1. The van der Waals surface area contributed by atoms with Crippen LogP contribution < -0.4 is 10.1 Å². The van der Waals surface area contributed by atoms with Crippen LogP contribution in [0.25, 0.3) is 0 Å². The summed E-state index contributed by atoms with van der Waals surface area (Å²) >= 11 is 3.53. The van der Waals surface area contributed by atoms with E-state index in [1.807, 2.05) is 18.2 Å². The van der Waals surface area contributed by atoms with Crippen LogP contribution in [0.1, 0.15) is 24.8 Å². The Morgan fingerprint density at radius 2 is 2.28 bits per heavy atom. The molecule has 1 atom stereocenters. The van der Waals surface area contributed by atoms with Crippen molar-refractivity contribution in [3.05, 3.63) is 28.2 Å². The van der Waals surface area contributed by atoms with Crippen molar-refractivity contribution in [1.82, 2.24) is 5.32 Å². The topological polar surface area (TPSA) is 30.5 Å². The molecule has 0 spiro atoms. The van der Waals surface area contributed by atoms with Gasteiger partial charge < -0.3 is 14.8 Å². The Labute approximate surface area is 117 Å². The van der Waals surface area contributed by atoms with Crippen LogP contribution in [-0.4, -0.2) is 26.3 Å². The SMILES string of the molecule is COc1ccc(Br)c(COCC2CCCCN2)c1. The summed E-state index contributed by atoms with van der Waals surface area (Å²) in [5.41, 5.74) is 1.13. The summed E-state index contributed by atoms with van der Waals surface area (Å²) in [5.74, 6) is 0.868. The van der Waals surface area contributed by atoms with E-state index in [0.717, 1.165) is 28.9 Å². The van der Waals surface area contributed by atoms with Crippen LogP contribution in [0.4, 0.5) is 0 Å². The predicted molar refractivity (Wildman–Crippen MR) is 76.0 cm³/mol. The Hall–Kier alpha value is -0.580. The van der Waals surface area contributed by atoms with Crippen LogP contribution >= 0.6 is 15.9 Å². The Morgan fingerprint density at radius 1 is 1.39 bits per heavy atom. The molecular formula is C14H20BrNO2. The van der Waals surface area contributed by atoms with Crippen LogP contribution in [0.5, 0.6) is 5.75 Å². The molecule has 18 heavy (non-hydrogen) atoms. The highest BCUT2D eigenvalue weighted by Gasteiger charge is 2.12. The van der Waals surface area contributed by atoms with Gasteiger partial charge in [0.25, 0.3) is 0 Å². The van der Waals surface area contributed by atoms with Crippen molar-refractivity contribution in [2.45, 2.75) is 31.9 Å². The van der Waals surface area contributed by atoms with Crippen LogP contribution in [0, 0.1) is 0 Å². The molecule has 1 fully saturated rings. The van der Waals surface area contributed by atoms with Gasteiger partial charge in [-0.1, -0.05) is 22.4 Å². The second-order valence-corrected chi connectivity index (χ2v) is 5.47. The quantitative estimate of drug-likeness (QED) is 0.906. The lowest BCUT2D eigenvalue weighted by Crippen LogP contribution is -2.37. The summed E-state index contributed by atoms with van der Waals surface area (Å²) in [6.07, 6.45) is 3.82. The minimum absolute atomic E-state index is 0.517. The van der Waals surface area contributed by atoms with Crippen molar-refractivity contribution >= 4 is 15.9 Å². The maximum Gasteiger partial charge on any atom is 0.119 e. The third-order valence-corrected chi connectivity index (χ3v) is 4.02. The van der Waals surface area contributed by atoms with E-state index < -0.39 is 0 Å². The average Bonchev–Trinajstić information content (AvgIpc) is 2.42. The van der Waals surface area contributed by atoms with Crippen molar-refractivity contribution in [3.63, 3.8) is 0 Å². The van der Waals surface area contributed by atoms with Crippen LogP contribution in [0.3, 0.4) is 0 Å². The normalized spacial score (nSPS) is 19.8. The fourth-order valence-electron chi connectivity index (χ4n) is 2.17. The first-order valence-electron chi connectivity index (χ1n) is 6.43. The number of halogens is 1. The average molecular weight is 314 g/mol. The molecule has 1 saturated heterocycles. The molecule has 0 bridgehead atoms. The van der Waals surface area contributed by atoms with Crippen LogP contribution in [0.2, 0.25) is 0 Å². The van der Waals surface area contributed by atoms with Gasteiger partial charge in [0.15, 0.2) is 0 Å². The zero-order valence-electron chi connectivity index (χ0n) is 10.7. The first-order chi connectivity index (χ1) is 8.79. The third kappa shape index (κ3) is 3.97. The molecule has 0 aliphatic carbocycles. The summed E-state index contributed by atoms with van der Waals surface area (Å²) < 4.78 is 12.1. The molecule has 0 radical (unpaired) electrons. The lowest BCUT2D eigenvalue weighted by Gasteiger charge is -2.23. The molecule has 1 aromatic rings. The molecule has 1 unspecified atom stereocenters. The van der Waals surface area contributed by atoms with Gasteiger partial charge in [-0.3, -0.25) is 0 Å². The number of ether oxygens (including phenoxy) is 2. The molecule has 1 aliphatic heterocycles. The second-order valence-electron chi connectivity index (χ2n) is 4.62. The van der Waals surface area contributed by atoms with E-state index in [1.165, 1.54) is 19.3 Å². The number of rotatable bonds is 5. The smallest absolute Gasteiger partial charge is 0.119 e. The van der Waals surface area contributed by atoms with Crippen molar-refractivity contribution in [2.24, 2.45) is 0 Å². The summed E-state index contributed by atoms with van der Waals surface area (Å²) in [5, 5.41) is 3.48. The standard InChI is InChI=1S/C14H20BrNO2/c1-17-13-5-6-14(15)11(8-13)9-18-10-12-4-2-3-7-16-12/h5-6,8,12,16H,2-4,7,9-10H2,1H3. The van der Waals surface area contributed by atoms with Gasteiger partial charge in [-0.2, -0.15) is 0 Å². The fourth-order valence-corrected chi connectivity index (χ4v) is 2.53. The van der Waals surface area contributed by atoms with Gasteiger partial charge in [-0.05, 0) is 43.1 Å². The van der Waals surface area contributed by atoms with E-state index in [1.54, 1.807) is 7.11 Å². The minimum atomic E-state index is 0.517. The molecule has 0 amide bonds. The van der Waals surface area contributed by atoms with E-state index in [-0.39, 0.29) is 0 Å². The third-order valence-electron chi connectivity index (χ3n) is 3.24. The number of nitrogens with one attached hydrogen (secondary N) is 1. The molecule has 0 aromatic heterocycles. The Morgan fingerprint density at radius 3 is 3.00 bits per heavy atom. The number of benzene rings is 1. The zero-order chi connectivity index (χ0) is 12.8. The van der Waals surface area contributed by atoms with Crippen molar-refractivity contribution < 1.29 is 9.47 Å². The first kappa shape index (κ1) is 13.8. The van der Waals surface area contributed by atoms with Crippen LogP contribution in [0.15, 0.2) is 22.7 Å². The zero-order valence-corrected chi connectivity index (χ0v) is 12.3. The Kier molecular flexibility index (Phi) is 5.47. The largest absolute Gasteiger partial charge is 0.497 e. The highest BCUT2D eigenvalue weighted by atomic mass is 79.9. The van der Waals surface area contributed by atoms with Gasteiger partial charge in [0.1, 0.15) is 5.75 Å². The summed E-state index contributed by atoms with van der Waals surface area (Å²) in [6.45, 7) is 2.52. The first-order valence-corrected chi connectivity index (χ1v) is 7.22. The molecule has 1 aliphatic rings. The van der Waals surface area contributed by atoms with E-state index in [0.29, 0.717) is 12.6 Å². The van der Waals surface area contributed by atoms with Gasteiger partial charge in [0, 0.05) is 10.5 Å². The van der Waals surface area contributed by atoms with Gasteiger partial charge >= 0.3 is 0 Å². The number of hydrogen-bond donors (Lipinski definition) is 1. The molecule has 3 nitrogen and oxygen atoms in total. The van der Waals surface area contributed by atoms with Crippen molar-refractivity contribution in [1.29, 1.82) is 0 Å². The maximum atomic E-state index is 5.79. The Bertz CT molecular complexity index is 378. The highest BCUT2D eigenvalue weighted by Crippen LogP contribution is 2.23. The predicted octanol–water partition coefficient (Wildman–Crippen LogP) is 3.12. The van der Waals surface area contributed by atoms with E-state index in [9.17, 15) is 0 Å². The van der Waals surface area contributed by atoms with Crippen LogP contribution in [-0.2, 0) is 11.3 Å². The number of methoxy groups -OCH3 is 1. The van der Waals surface area contributed by atoms with Gasteiger partial charge in [0.05, 0.1) is 20.3 Å². The summed E-state index contributed by atoms with van der Waals surface area (Å²) in [7, 11) is 1.68. The molecular weight excluding hydrogens is 294 g/mol. The molecule has 1 N–H and O–H groups in total. The van der Waals surface area contributed by atoms with Gasteiger partial charge in [0.2, 0.25) is 0 Å². The van der Waals surface area contributed by atoms with Crippen molar-refractivity contribution in [3.8, 4) is 5.75 Å². The van der Waals surface area contributed by atoms with E-state index in [4.69, 9.17) is 9.47 Å². The van der Waals surface area contributed by atoms with Crippen molar-refractivity contribution in [2.75, 3.05) is 20.3 Å². The summed E-state index contributed by atoms with van der Waals surface area (Å²) in [4.78, 5) is 0. The minimum Gasteiger partial charge on any atom is -0.497 e. The molecule has 0 saturated carbocycles. The van der Waals surface area contributed by atoms with E-state index >= 15 is 0 Å². The summed E-state index contributed by atoms with van der Waals surface area (Å²) in [6, 6.07) is 6.47. The fraction of sp³-hybridized carbons (Fsp3) is 0.571. The molecule has 4 heteroatoms. The second kappa shape index (κ2) is 7.12. The highest BCUT2D eigenvalue weighted by molar-refractivity contribution is 9.10. The Balaban J connectivity index is 1.81. The van der Waals surface area contributed by atoms with E-state index in [2.05, 4.69) is 21.2 Å².